The van der Waals surface area contributed by atoms with Crippen LogP contribution in [0.4, 0.5) is 5.69 Å². The maximum atomic E-state index is 14.2. The van der Waals surface area contributed by atoms with Crippen molar-refractivity contribution in [3.05, 3.63) is 132 Å². The molecule has 0 aliphatic heterocycles. The molecule has 0 fully saturated rings. The molecule has 0 radical (unpaired) electrons. The van der Waals surface area contributed by atoms with E-state index in [9.17, 15) is 9.59 Å². The number of carbonyl (C=O) groups is 2. The lowest BCUT2D eigenvalue weighted by atomic mass is 9.70. The van der Waals surface area contributed by atoms with E-state index in [1.54, 1.807) is 31.2 Å². The first-order chi connectivity index (χ1) is 18.1. The van der Waals surface area contributed by atoms with E-state index in [2.05, 4.69) is 29.6 Å². The summed E-state index contributed by atoms with van der Waals surface area (Å²) < 4.78 is 10.4. The molecule has 0 unspecified atom stereocenters. The van der Waals surface area contributed by atoms with Gasteiger partial charge in [0.1, 0.15) is 5.75 Å². The Morgan fingerprint density at radius 2 is 1.22 bits per heavy atom. The van der Waals surface area contributed by atoms with Crippen molar-refractivity contribution in [2.45, 2.75) is 25.2 Å². The molecule has 5 heteroatoms. The highest BCUT2D eigenvalue weighted by Crippen LogP contribution is 2.34. The average molecular weight is 494 g/mol. The molecule has 0 spiro atoms. The molecule has 0 saturated carbocycles. The lowest BCUT2D eigenvalue weighted by Gasteiger charge is -2.34. The van der Waals surface area contributed by atoms with Gasteiger partial charge in [-0.3, -0.25) is 4.79 Å². The topological polar surface area (TPSA) is 64.6 Å². The van der Waals surface area contributed by atoms with Crippen molar-refractivity contribution in [1.82, 2.24) is 0 Å². The van der Waals surface area contributed by atoms with Crippen molar-refractivity contribution < 1.29 is 19.1 Å². The molecule has 4 aromatic rings. The van der Waals surface area contributed by atoms with Gasteiger partial charge in [-0.2, -0.15) is 0 Å². The van der Waals surface area contributed by atoms with Crippen LogP contribution in [0.2, 0.25) is 0 Å². The number of anilines is 1. The van der Waals surface area contributed by atoms with Gasteiger partial charge in [-0.15, -0.1) is 0 Å². The number of nitrogens with one attached hydrogen (secondary N) is 1. The van der Waals surface area contributed by atoms with E-state index >= 15 is 0 Å². The molecule has 188 valence electrons. The molecule has 4 aromatic carbocycles. The summed E-state index contributed by atoms with van der Waals surface area (Å²) in [4.78, 5) is 25.8. The first kappa shape index (κ1) is 25.7. The average Bonchev–Trinajstić information content (AvgIpc) is 2.94. The highest BCUT2D eigenvalue weighted by Gasteiger charge is 2.40. The lowest BCUT2D eigenvalue weighted by molar-refractivity contribution is -0.145. The van der Waals surface area contributed by atoms with Crippen LogP contribution in [0.3, 0.4) is 0 Å². The lowest BCUT2D eigenvalue weighted by Crippen LogP contribution is -2.44. The Morgan fingerprint density at radius 1 is 0.703 bits per heavy atom. The standard InChI is InChI=1S/C32H31NO4/c1-2-36-30(34)24-37-29-20-18-28(19-21-29)33-31(35)32(27-16-10-5-11-17-27,22-25-12-6-3-7-13-25)23-26-14-8-4-9-15-26/h3-21H,2,22-24H2,1H3,(H,33,35). The molecule has 4 rings (SSSR count). The van der Waals surface area contributed by atoms with Crippen LogP contribution in [-0.4, -0.2) is 25.1 Å². The van der Waals surface area contributed by atoms with Crippen LogP contribution >= 0.6 is 0 Å². The predicted octanol–water partition coefficient (Wildman–Crippen LogP) is 5.99. The van der Waals surface area contributed by atoms with Crippen LogP contribution in [-0.2, 0) is 32.6 Å². The second-order valence-corrected chi connectivity index (χ2v) is 8.85. The Morgan fingerprint density at radius 3 is 1.73 bits per heavy atom. The molecule has 0 aliphatic rings. The third-order valence-electron chi connectivity index (χ3n) is 6.23. The van der Waals surface area contributed by atoms with Gasteiger partial charge in [0.25, 0.3) is 0 Å². The number of benzene rings is 4. The van der Waals surface area contributed by atoms with E-state index in [1.165, 1.54) is 0 Å². The summed E-state index contributed by atoms with van der Waals surface area (Å²) in [5.41, 5.74) is 2.92. The van der Waals surface area contributed by atoms with Gasteiger partial charge in [0.15, 0.2) is 6.61 Å². The molecule has 0 aliphatic carbocycles. The smallest absolute Gasteiger partial charge is 0.344 e. The number of ether oxygens (including phenoxy) is 2. The fraction of sp³-hybridized carbons (Fsp3) is 0.188. The maximum absolute atomic E-state index is 14.2. The summed E-state index contributed by atoms with van der Waals surface area (Å²) >= 11 is 0. The van der Waals surface area contributed by atoms with E-state index in [-0.39, 0.29) is 12.5 Å². The number of rotatable bonds is 11. The second-order valence-electron chi connectivity index (χ2n) is 8.85. The normalized spacial score (nSPS) is 10.9. The molecular formula is C32H31NO4. The van der Waals surface area contributed by atoms with Gasteiger partial charge in [0.05, 0.1) is 12.0 Å². The SMILES string of the molecule is CCOC(=O)COc1ccc(NC(=O)C(Cc2ccccc2)(Cc2ccccc2)c2ccccc2)cc1. The number of hydrogen-bond acceptors (Lipinski definition) is 4. The molecule has 5 nitrogen and oxygen atoms in total. The summed E-state index contributed by atoms with van der Waals surface area (Å²) in [6.07, 6.45) is 1.08. The molecule has 1 N–H and O–H groups in total. The highest BCUT2D eigenvalue weighted by atomic mass is 16.6. The molecule has 37 heavy (non-hydrogen) atoms. The zero-order valence-electron chi connectivity index (χ0n) is 20.9. The Kier molecular flexibility index (Phi) is 8.71. The second kappa shape index (κ2) is 12.5. The summed E-state index contributed by atoms with van der Waals surface area (Å²) in [5.74, 6) is 0.00916. The Bertz CT molecular complexity index is 1230. The summed E-state index contributed by atoms with van der Waals surface area (Å²) in [6.45, 7) is 1.90. The van der Waals surface area contributed by atoms with E-state index in [1.807, 2.05) is 66.7 Å². The van der Waals surface area contributed by atoms with E-state index in [0.717, 1.165) is 16.7 Å². The molecule has 0 atom stereocenters. The molecule has 0 bridgehead atoms. The third-order valence-corrected chi connectivity index (χ3v) is 6.23. The van der Waals surface area contributed by atoms with Gasteiger partial charge in [0, 0.05) is 5.69 Å². The Labute approximate surface area is 218 Å². The van der Waals surface area contributed by atoms with Crippen LogP contribution in [0.5, 0.6) is 5.75 Å². The predicted molar refractivity (Wildman–Crippen MR) is 146 cm³/mol. The molecule has 0 heterocycles. The monoisotopic (exact) mass is 493 g/mol. The summed E-state index contributed by atoms with van der Waals surface area (Å²) in [6, 6.07) is 37.2. The third kappa shape index (κ3) is 6.85. The van der Waals surface area contributed by atoms with Crippen LogP contribution in [0.25, 0.3) is 0 Å². The fourth-order valence-corrected chi connectivity index (χ4v) is 4.43. The zero-order chi connectivity index (χ0) is 25.9. The van der Waals surface area contributed by atoms with Gasteiger partial charge in [-0.25, -0.2) is 4.79 Å². The Hall–Kier alpha value is -4.38. The van der Waals surface area contributed by atoms with Crippen LogP contribution in [0.15, 0.2) is 115 Å². The van der Waals surface area contributed by atoms with Crippen molar-refractivity contribution in [2.75, 3.05) is 18.5 Å². The summed E-state index contributed by atoms with van der Waals surface area (Å²) in [5, 5.41) is 3.15. The molecular weight excluding hydrogens is 462 g/mol. The van der Waals surface area contributed by atoms with Crippen LogP contribution in [0, 0.1) is 0 Å². The number of amides is 1. The van der Waals surface area contributed by atoms with E-state index in [0.29, 0.717) is 30.9 Å². The first-order valence-corrected chi connectivity index (χ1v) is 12.4. The number of esters is 1. The minimum Gasteiger partial charge on any atom is -0.482 e. The van der Waals surface area contributed by atoms with Gasteiger partial charge in [-0.1, -0.05) is 91.0 Å². The van der Waals surface area contributed by atoms with Gasteiger partial charge in [-0.05, 0) is 60.7 Å². The van der Waals surface area contributed by atoms with Crippen molar-refractivity contribution in [2.24, 2.45) is 0 Å². The highest BCUT2D eigenvalue weighted by molar-refractivity contribution is 5.99. The quantitative estimate of drug-likeness (QED) is 0.261. The van der Waals surface area contributed by atoms with Crippen molar-refractivity contribution in [1.29, 1.82) is 0 Å². The van der Waals surface area contributed by atoms with E-state index in [4.69, 9.17) is 9.47 Å². The zero-order valence-corrected chi connectivity index (χ0v) is 20.9. The molecule has 0 saturated heterocycles. The van der Waals surface area contributed by atoms with Crippen molar-refractivity contribution in [3.8, 4) is 5.75 Å². The summed E-state index contributed by atoms with van der Waals surface area (Å²) in [7, 11) is 0. The minimum absolute atomic E-state index is 0.0911. The van der Waals surface area contributed by atoms with Crippen molar-refractivity contribution in [3.63, 3.8) is 0 Å². The van der Waals surface area contributed by atoms with Crippen LogP contribution in [0.1, 0.15) is 23.6 Å². The molecule has 1 amide bonds. The van der Waals surface area contributed by atoms with E-state index < -0.39 is 11.4 Å². The maximum Gasteiger partial charge on any atom is 0.344 e. The van der Waals surface area contributed by atoms with Crippen LogP contribution < -0.4 is 10.1 Å². The Balaban J connectivity index is 1.64. The number of hydrogen-bond donors (Lipinski definition) is 1. The molecule has 0 aromatic heterocycles. The van der Waals surface area contributed by atoms with Crippen molar-refractivity contribution >= 4 is 17.6 Å². The first-order valence-electron chi connectivity index (χ1n) is 12.4. The fourth-order valence-electron chi connectivity index (χ4n) is 4.43. The van der Waals surface area contributed by atoms with Gasteiger partial charge < -0.3 is 14.8 Å². The van der Waals surface area contributed by atoms with Gasteiger partial charge >= 0.3 is 5.97 Å². The minimum atomic E-state index is -0.844. The van der Waals surface area contributed by atoms with Gasteiger partial charge in [0.2, 0.25) is 5.91 Å². The largest absolute Gasteiger partial charge is 0.482 e. The number of carbonyl (C=O) groups excluding carboxylic acids is 2.